The summed E-state index contributed by atoms with van der Waals surface area (Å²) in [6.45, 7) is 1.66. The molecule has 2 aromatic carbocycles. The zero-order valence-electron chi connectivity index (χ0n) is 12.8. The monoisotopic (exact) mass is 301 g/mol. The van der Waals surface area contributed by atoms with Crippen molar-refractivity contribution in [1.29, 1.82) is 0 Å². The topological polar surface area (TPSA) is 67.8 Å². The Kier molecular flexibility index (Phi) is 4.88. The summed E-state index contributed by atoms with van der Waals surface area (Å²) in [5.74, 6) is -0.104. The Balaban J connectivity index is 2.23. The second-order valence-corrected chi connectivity index (χ2v) is 4.85. The summed E-state index contributed by atoms with van der Waals surface area (Å²) in [5, 5.41) is 12.3. The Bertz CT molecular complexity index is 652. The second-order valence-electron chi connectivity index (χ2n) is 4.85. The number of nitrogens with one attached hydrogen (secondary N) is 1. The predicted octanol–water partition coefficient (Wildman–Crippen LogP) is 3.64. The molecule has 5 nitrogen and oxygen atoms in total. The summed E-state index contributed by atoms with van der Waals surface area (Å²) >= 11 is 0. The molecule has 0 bridgehead atoms. The molecule has 0 aliphatic heterocycles. The third-order valence-corrected chi connectivity index (χ3v) is 3.46. The van der Waals surface area contributed by atoms with Crippen molar-refractivity contribution in [3.8, 4) is 11.5 Å². The lowest BCUT2D eigenvalue weighted by molar-refractivity contribution is -0.138. The van der Waals surface area contributed by atoms with Crippen LogP contribution < -0.4 is 14.8 Å². The van der Waals surface area contributed by atoms with Gasteiger partial charge in [0.05, 0.1) is 25.8 Å². The van der Waals surface area contributed by atoms with Crippen molar-refractivity contribution in [1.82, 2.24) is 0 Å². The number of anilines is 2. The molecular weight excluding hydrogens is 282 g/mol. The molecule has 2 aromatic rings. The van der Waals surface area contributed by atoms with E-state index in [2.05, 4.69) is 5.32 Å². The van der Waals surface area contributed by atoms with Crippen LogP contribution in [0.3, 0.4) is 0 Å². The van der Waals surface area contributed by atoms with Crippen molar-refractivity contribution >= 4 is 17.3 Å². The highest BCUT2D eigenvalue weighted by Crippen LogP contribution is 2.36. The molecule has 116 valence electrons. The van der Waals surface area contributed by atoms with E-state index in [1.54, 1.807) is 33.3 Å². The number of benzene rings is 2. The highest BCUT2D eigenvalue weighted by molar-refractivity contribution is 5.76. The molecule has 2 N–H and O–H groups in total. The summed E-state index contributed by atoms with van der Waals surface area (Å²) < 4.78 is 10.6. The van der Waals surface area contributed by atoms with Crippen LogP contribution in [0.1, 0.15) is 18.4 Å². The fourth-order valence-corrected chi connectivity index (χ4v) is 2.14. The fraction of sp³-hybridized carbons (Fsp3) is 0.235. The molecule has 0 amide bonds. The minimum absolute atomic E-state index is 0.527. The van der Waals surface area contributed by atoms with Gasteiger partial charge in [-0.05, 0) is 36.8 Å². The predicted molar refractivity (Wildman–Crippen MR) is 85.3 cm³/mol. The van der Waals surface area contributed by atoms with Crippen LogP contribution in [-0.4, -0.2) is 25.3 Å². The Hall–Kier alpha value is -2.69. The minimum Gasteiger partial charge on any atom is -0.493 e. The molecular formula is C17H19NO4. The zero-order valence-corrected chi connectivity index (χ0v) is 12.8. The molecule has 5 heteroatoms. The third-order valence-electron chi connectivity index (χ3n) is 3.46. The van der Waals surface area contributed by atoms with Gasteiger partial charge in [0.25, 0.3) is 0 Å². The molecule has 0 spiro atoms. The number of carboxylic acid groups (broad SMARTS) is 1. The van der Waals surface area contributed by atoms with Gasteiger partial charge in [-0.3, -0.25) is 4.79 Å². The number of para-hydroxylation sites is 1. The largest absolute Gasteiger partial charge is 0.493 e. The van der Waals surface area contributed by atoms with E-state index in [-0.39, 0.29) is 0 Å². The molecule has 2 rings (SSSR count). The van der Waals surface area contributed by atoms with Crippen molar-refractivity contribution < 1.29 is 19.4 Å². The minimum atomic E-state index is -0.838. The number of hydrogen-bond acceptors (Lipinski definition) is 4. The van der Waals surface area contributed by atoms with Crippen LogP contribution in [-0.2, 0) is 4.79 Å². The molecule has 0 fully saturated rings. The molecule has 0 aliphatic rings. The van der Waals surface area contributed by atoms with E-state index in [1.165, 1.54) is 0 Å². The first-order valence-corrected chi connectivity index (χ1v) is 6.87. The average Bonchev–Trinajstić information content (AvgIpc) is 2.54. The van der Waals surface area contributed by atoms with Gasteiger partial charge in [-0.2, -0.15) is 0 Å². The van der Waals surface area contributed by atoms with E-state index in [9.17, 15) is 4.79 Å². The molecule has 0 radical (unpaired) electrons. The Morgan fingerprint density at radius 1 is 1.09 bits per heavy atom. The highest BCUT2D eigenvalue weighted by Gasteiger charge is 2.13. The normalized spacial score (nSPS) is 11.6. The Morgan fingerprint density at radius 3 is 2.32 bits per heavy atom. The van der Waals surface area contributed by atoms with Crippen molar-refractivity contribution in [3.63, 3.8) is 0 Å². The highest BCUT2D eigenvalue weighted by atomic mass is 16.5. The molecule has 1 atom stereocenters. The lowest BCUT2D eigenvalue weighted by Crippen LogP contribution is -2.07. The standard InChI is InChI=1S/C17H19NO4/c1-11(17(19)20)12-7-9-13(10-8-12)18-14-5-4-6-15(21-2)16(14)22-3/h4-11,18H,1-3H3,(H,19,20). The van der Waals surface area contributed by atoms with Gasteiger partial charge in [0, 0.05) is 5.69 Å². The number of ether oxygens (including phenoxy) is 2. The number of hydrogen-bond donors (Lipinski definition) is 2. The molecule has 0 saturated carbocycles. The van der Waals surface area contributed by atoms with Crippen LogP contribution in [0.2, 0.25) is 0 Å². The van der Waals surface area contributed by atoms with E-state index >= 15 is 0 Å². The van der Waals surface area contributed by atoms with Gasteiger partial charge in [-0.1, -0.05) is 18.2 Å². The summed E-state index contributed by atoms with van der Waals surface area (Å²) in [7, 11) is 3.17. The first-order valence-electron chi connectivity index (χ1n) is 6.87. The molecule has 0 aromatic heterocycles. The Morgan fingerprint density at radius 2 is 1.77 bits per heavy atom. The first kappa shape index (κ1) is 15.7. The maximum Gasteiger partial charge on any atom is 0.310 e. The van der Waals surface area contributed by atoms with Crippen molar-refractivity contribution in [2.75, 3.05) is 19.5 Å². The molecule has 0 saturated heterocycles. The van der Waals surface area contributed by atoms with Crippen molar-refractivity contribution in [2.24, 2.45) is 0 Å². The van der Waals surface area contributed by atoms with E-state index in [1.807, 2.05) is 30.3 Å². The summed E-state index contributed by atoms with van der Waals surface area (Å²) in [6.07, 6.45) is 0. The van der Waals surface area contributed by atoms with Gasteiger partial charge in [0.1, 0.15) is 0 Å². The van der Waals surface area contributed by atoms with Gasteiger partial charge in [0.2, 0.25) is 0 Å². The Labute approximate surface area is 129 Å². The quantitative estimate of drug-likeness (QED) is 0.852. The average molecular weight is 301 g/mol. The zero-order chi connectivity index (χ0) is 16.1. The van der Waals surface area contributed by atoms with Gasteiger partial charge in [-0.15, -0.1) is 0 Å². The number of carboxylic acids is 1. The van der Waals surface area contributed by atoms with E-state index in [0.717, 1.165) is 16.9 Å². The van der Waals surface area contributed by atoms with Crippen LogP contribution in [0, 0.1) is 0 Å². The molecule has 22 heavy (non-hydrogen) atoms. The summed E-state index contributed by atoms with van der Waals surface area (Å²) in [5.41, 5.74) is 2.38. The van der Waals surface area contributed by atoms with E-state index < -0.39 is 11.9 Å². The number of aliphatic carboxylic acids is 1. The third kappa shape index (κ3) is 3.31. The fourth-order valence-electron chi connectivity index (χ4n) is 2.14. The smallest absolute Gasteiger partial charge is 0.310 e. The van der Waals surface area contributed by atoms with Gasteiger partial charge >= 0.3 is 5.97 Å². The van der Waals surface area contributed by atoms with Crippen LogP contribution in [0.15, 0.2) is 42.5 Å². The van der Waals surface area contributed by atoms with Gasteiger partial charge < -0.3 is 19.9 Å². The maximum atomic E-state index is 11.0. The van der Waals surface area contributed by atoms with Crippen molar-refractivity contribution in [2.45, 2.75) is 12.8 Å². The lowest BCUT2D eigenvalue weighted by atomic mass is 10.0. The number of methoxy groups -OCH3 is 2. The number of rotatable bonds is 6. The van der Waals surface area contributed by atoms with Gasteiger partial charge in [0.15, 0.2) is 11.5 Å². The van der Waals surface area contributed by atoms with Gasteiger partial charge in [-0.25, -0.2) is 0 Å². The maximum absolute atomic E-state index is 11.0. The van der Waals surface area contributed by atoms with Crippen LogP contribution in [0.5, 0.6) is 11.5 Å². The summed E-state index contributed by atoms with van der Waals surface area (Å²) in [4.78, 5) is 11.0. The van der Waals surface area contributed by atoms with E-state index in [4.69, 9.17) is 14.6 Å². The second kappa shape index (κ2) is 6.85. The van der Waals surface area contributed by atoms with E-state index in [0.29, 0.717) is 11.5 Å². The van der Waals surface area contributed by atoms with Crippen LogP contribution in [0.4, 0.5) is 11.4 Å². The lowest BCUT2D eigenvalue weighted by Gasteiger charge is -2.14. The molecule has 0 heterocycles. The van der Waals surface area contributed by atoms with Crippen molar-refractivity contribution in [3.05, 3.63) is 48.0 Å². The first-order chi connectivity index (χ1) is 10.6. The van der Waals surface area contributed by atoms with Crippen LogP contribution >= 0.6 is 0 Å². The van der Waals surface area contributed by atoms with Crippen LogP contribution in [0.25, 0.3) is 0 Å². The number of carbonyl (C=O) groups is 1. The summed E-state index contributed by atoms with van der Waals surface area (Å²) in [6, 6.07) is 12.9. The molecule has 1 unspecified atom stereocenters. The SMILES string of the molecule is COc1cccc(Nc2ccc(C(C)C(=O)O)cc2)c1OC. The molecule has 0 aliphatic carbocycles.